The maximum Gasteiger partial charge on any atom is 0.303 e. The second kappa shape index (κ2) is 8.63. The van der Waals surface area contributed by atoms with E-state index in [0.717, 1.165) is 0 Å². The van der Waals surface area contributed by atoms with Gasteiger partial charge in [-0.1, -0.05) is 18.6 Å². The topological polar surface area (TPSA) is 113 Å². The van der Waals surface area contributed by atoms with Crippen molar-refractivity contribution in [1.82, 2.24) is 0 Å². The Morgan fingerprint density at radius 1 is 1.03 bits per heavy atom. The van der Waals surface area contributed by atoms with Gasteiger partial charge in [0.05, 0.1) is 0 Å². The summed E-state index contributed by atoms with van der Waals surface area (Å²) in [6, 6.07) is 0. The lowest BCUT2D eigenvalue weighted by atomic mass is 9.44. The van der Waals surface area contributed by atoms with Gasteiger partial charge in [-0.2, -0.15) is 0 Å². The molecule has 8 nitrogen and oxygen atoms in total. The van der Waals surface area contributed by atoms with E-state index in [0.29, 0.717) is 24.8 Å². The van der Waals surface area contributed by atoms with Crippen LogP contribution in [0.5, 0.6) is 0 Å². The first-order valence-electron chi connectivity index (χ1n) is 12.4. The van der Waals surface area contributed by atoms with E-state index in [1.165, 1.54) is 32.9 Å². The summed E-state index contributed by atoms with van der Waals surface area (Å²) < 4.78 is 34.1. The zero-order chi connectivity index (χ0) is 26.7. The largest absolute Gasteiger partial charge is 0.459 e. The Balaban J connectivity index is 1.85. The van der Waals surface area contributed by atoms with Gasteiger partial charge in [0.15, 0.2) is 23.7 Å². The highest BCUT2D eigenvalue weighted by Gasteiger charge is 2.76. The molecule has 0 aliphatic heterocycles. The highest BCUT2D eigenvalue weighted by molar-refractivity contribution is 6.01. The van der Waals surface area contributed by atoms with Crippen LogP contribution in [-0.2, 0) is 38.2 Å². The lowest BCUT2D eigenvalue weighted by Gasteiger charge is -2.63. The third-order valence-electron chi connectivity index (χ3n) is 9.22. The summed E-state index contributed by atoms with van der Waals surface area (Å²) in [4.78, 5) is 61.5. The Bertz CT molecular complexity index is 1090. The van der Waals surface area contributed by atoms with Crippen molar-refractivity contribution in [3.05, 3.63) is 23.8 Å². The Labute approximate surface area is 209 Å². The number of ether oxygens (including phenoxy) is 3. The fourth-order valence-corrected chi connectivity index (χ4v) is 7.70. The molecular formula is C27H33FO8. The third kappa shape index (κ3) is 3.57. The minimum absolute atomic E-state index is 0.0754. The van der Waals surface area contributed by atoms with Crippen LogP contribution in [0.25, 0.3) is 0 Å². The molecule has 0 aromatic rings. The quantitative estimate of drug-likeness (QED) is 0.414. The van der Waals surface area contributed by atoms with Crippen LogP contribution in [0.3, 0.4) is 0 Å². The fourth-order valence-electron chi connectivity index (χ4n) is 7.70. The maximum atomic E-state index is 17.7. The molecule has 0 spiro atoms. The van der Waals surface area contributed by atoms with Gasteiger partial charge in [-0.25, -0.2) is 4.39 Å². The van der Waals surface area contributed by atoms with Gasteiger partial charge in [-0.3, -0.25) is 24.0 Å². The molecule has 0 N–H and O–H groups in total. The van der Waals surface area contributed by atoms with E-state index in [1.54, 1.807) is 19.9 Å². The van der Waals surface area contributed by atoms with Crippen molar-refractivity contribution in [2.24, 2.45) is 22.7 Å². The van der Waals surface area contributed by atoms with Crippen molar-refractivity contribution in [1.29, 1.82) is 0 Å². The number of esters is 3. The van der Waals surface area contributed by atoms with Crippen molar-refractivity contribution < 1.29 is 42.6 Å². The second-order valence-electron chi connectivity index (χ2n) is 11.0. The lowest BCUT2D eigenvalue weighted by Crippen LogP contribution is -2.70. The molecule has 4 rings (SSSR count). The van der Waals surface area contributed by atoms with Gasteiger partial charge >= 0.3 is 17.9 Å². The minimum atomic E-state index is -2.05. The molecule has 9 heteroatoms. The molecule has 7 atom stereocenters. The average molecular weight is 505 g/mol. The van der Waals surface area contributed by atoms with E-state index >= 15 is 4.39 Å². The number of alkyl halides is 1. The number of hydrogen-bond acceptors (Lipinski definition) is 8. The van der Waals surface area contributed by atoms with E-state index in [1.807, 2.05) is 0 Å². The van der Waals surface area contributed by atoms with Gasteiger partial charge < -0.3 is 14.2 Å². The predicted molar refractivity (Wildman–Crippen MR) is 124 cm³/mol. The lowest BCUT2D eigenvalue weighted by molar-refractivity contribution is -0.233. The first-order chi connectivity index (χ1) is 16.7. The second-order valence-corrected chi connectivity index (χ2v) is 11.0. The number of allylic oxidation sites excluding steroid dienone is 4. The van der Waals surface area contributed by atoms with Crippen LogP contribution in [0.15, 0.2) is 23.8 Å². The van der Waals surface area contributed by atoms with Crippen LogP contribution in [0.1, 0.15) is 66.7 Å². The molecule has 0 heterocycles. The smallest absolute Gasteiger partial charge is 0.303 e. The number of ketones is 2. The van der Waals surface area contributed by atoms with Crippen molar-refractivity contribution in [3.8, 4) is 0 Å². The van der Waals surface area contributed by atoms with Crippen LogP contribution >= 0.6 is 0 Å². The van der Waals surface area contributed by atoms with E-state index in [9.17, 15) is 24.0 Å². The van der Waals surface area contributed by atoms with Crippen LogP contribution in [-0.4, -0.2) is 53.5 Å². The van der Waals surface area contributed by atoms with E-state index < -0.39 is 64.4 Å². The van der Waals surface area contributed by atoms with Gasteiger partial charge in [0.25, 0.3) is 0 Å². The van der Waals surface area contributed by atoms with Crippen LogP contribution in [0.2, 0.25) is 0 Å². The van der Waals surface area contributed by atoms with Gasteiger partial charge in [0.2, 0.25) is 5.78 Å². The highest BCUT2D eigenvalue weighted by Crippen LogP contribution is 2.70. The SMILES string of the molecule is CC(=O)OCC(=O)[C@@]1(OC(C)=O)CC[C@@H]2[C@H]3CCC4=CC(=O)C=C[C@]4(C)[C@@]3(F)[C@@H](OC(C)=O)C[C@@]21C. The first-order valence-corrected chi connectivity index (χ1v) is 12.4. The summed E-state index contributed by atoms with van der Waals surface area (Å²) >= 11 is 0. The van der Waals surface area contributed by atoms with Crippen LogP contribution in [0.4, 0.5) is 4.39 Å². The molecule has 0 aromatic heterocycles. The van der Waals surface area contributed by atoms with Gasteiger partial charge in [0, 0.05) is 37.5 Å². The zero-order valence-corrected chi connectivity index (χ0v) is 21.4. The summed E-state index contributed by atoms with van der Waals surface area (Å²) in [5, 5.41) is 0. The number of carbonyl (C=O) groups is 5. The molecule has 0 aromatic carbocycles. The van der Waals surface area contributed by atoms with E-state index in [-0.39, 0.29) is 24.5 Å². The van der Waals surface area contributed by atoms with Crippen molar-refractivity contribution in [2.75, 3.05) is 6.61 Å². The third-order valence-corrected chi connectivity index (χ3v) is 9.22. The fraction of sp³-hybridized carbons (Fsp3) is 0.667. The minimum Gasteiger partial charge on any atom is -0.459 e. The van der Waals surface area contributed by atoms with Crippen LogP contribution < -0.4 is 0 Å². The summed E-state index contributed by atoms with van der Waals surface area (Å²) in [6.07, 6.45) is 4.46. The normalized spacial score (nSPS) is 40.8. The zero-order valence-electron chi connectivity index (χ0n) is 21.4. The number of carbonyl (C=O) groups excluding carboxylic acids is 5. The molecule has 3 saturated carbocycles. The molecule has 196 valence electrons. The Kier molecular flexibility index (Phi) is 6.29. The van der Waals surface area contributed by atoms with Gasteiger partial charge in [-0.15, -0.1) is 0 Å². The standard InChI is InChI=1S/C27H33FO8/c1-15(29)34-14-22(33)26(36-17(3)31)11-9-20-21-7-6-18-12-19(32)8-10-24(18,4)27(21,28)23(35-16(2)30)13-25(20,26)5/h8,10,12,20-21,23H,6-7,9,11,13-14H2,1-5H3/t20-,21-,23+,24+,25+,26+,27+/m1/s1. The predicted octanol–water partition coefficient (Wildman–Crippen LogP) is 3.36. The van der Waals surface area contributed by atoms with E-state index in [4.69, 9.17) is 14.2 Å². The summed E-state index contributed by atoms with van der Waals surface area (Å²) in [5.74, 6) is -3.81. The molecule has 0 radical (unpaired) electrons. The summed E-state index contributed by atoms with van der Waals surface area (Å²) in [7, 11) is 0. The molecule has 4 aliphatic rings. The average Bonchev–Trinajstić information content (AvgIpc) is 3.05. The Morgan fingerprint density at radius 3 is 2.33 bits per heavy atom. The Morgan fingerprint density at radius 2 is 1.72 bits per heavy atom. The number of rotatable bonds is 5. The highest BCUT2D eigenvalue weighted by atomic mass is 19.1. The molecular weight excluding hydrogens is 471 g/mol. The molecule has 3 fully saturated rings. The number of hydrogen-bond donors (Lipinski definition) is 0. The van der Waals surface area contributed by atoms with Crippen molar-refractivity contribution >= 4 is 29.5 Å². The number of fused-ring (bicyclic) bond motifs is 5. The molecule has 0 saturated heterocycles. The number of Topliss-reactive ketones (excluding diaryl/α,β-unsaturated/α-hetero) is 1. The molecule has 0 bridgehead atoms. The molecule has 4 aliphatic carbocycles. The van der Waals surface area contributed by atoms with Crippen molar-refractivity contribution in [2.45, 2.75) is 84.1 Å². The molecule has 0 unspecified atom stereocenters. The number of halogens is 1. The van der Waals surface area contributed by atoms with E-state index in [2.05, 4.69) is 0 Å². The van der Waals surface area contributed by atoms with Gasteiger partial charge in [0.1, 0.15) is 6.10 Å². The maximum absolute atomic E-state index is 17.7. The molecule has 0 amide bonds. The summed E-state index contributed by atoms with van der Waals surface area (Å²) in [6.45, 7) is 6.51. The summed E-state index contributed by atoms with van der Waals surface area (Å²) in [5.41, 5.74) is -5.31. The van der Waals surface area contributed by atoms with Gasteiger partial charge in [-0.05, 0) is 57.1 Å². The Hall–Kier alpha value is -2.84. The van der Waals surface area contributed by atoms with Crippen LogP contribution in [0, 0.1) is 22.7 Å². The first kappa shape index (κ1) is 26.2. The monoisotopic (exact) mass is 504 g/mol. The molecule has 36 heavy (non-hydrogen) atoms. The van der Waals surface area contributed by atoms with Crippen molar-refractivity contribution in [3.63, 3.8) is 0 Å².